The average molecular weight is 414 g/mol. The lowest BCUT2D eigenvalue weighted by Crippen LogP contribution is -2.38. The summed E-state index contributed by atoms with van der Waals surface area (Å²) in [5.41, 5.74) is 1.99. The first-order valence-electron chi connectivity index (χ1n) is 10.0. The summed E-state index contributed by atoms with van der Waals surface area (Å²) in [5, 5.41) is 9.27. The highest BCUT2D eigenvalue weighted by Gasteiger charge is 2.06. The number of methoxy groups -OCH3 is 2. The molecule has 30 heavy (non-hydrogen) atoms. The van der Waals surface area contributed by atoms with E-state index < -0.39 is 0 Å². The Morgan fingerprint density at radius 2 is 1.90 bits per heavy atom. The van der Waals surface area contributed by atoms with Crippen molar-refractivity contribution in [1.82, 2.24) is 15.6 Å². The van der Waals surface area contributed by atoms with Crippen LogP contribution in [0.1, 0.15) is 24.6 Å². The Kier molecular flexibility index (Phi) is 9.44. The maximum Gasteiger partial charge on any atom is 0.227 e. The van der Waals surface area contributed by atoms with E-state index in [1.165, 1.54) is 0 Å². The normalized spacial score (nSPS) is 11.0. The molecule has 2 rings (SSSR count). The number of aliphatic imine (C=N–C) groups is 1. The molecule has 1 aromatic heterocycles. The topological polar surface area (TPSA) is 96.9 Å². The van der Waals surface area contributed by atoms with Gasteiger partial charge in [0, 0.05) is 25.2 Å². The van der Waals surface area contributed by atoms with Gasteiger partial charge in [-0.1, -0.05) is 12.1 Å². The Morgan fingerprint density at radius 1 is 1.10 bits per heavy atom. The Labute approximate surface area is 178 Å². The third kappa shape index (κ3) is 7.62. The third-order valence-electron chi connectivity index (χ3n) is 4.26. The maximum absolute atomic E-state index is 12.1. The van der Waals surface area contributed by atoms with Gasteiger partial charge in [-0.3, -0.25) is 9.79 Å². The van der Waals surface area contributed by atoms with Crippen LogP contribution in [0, 0.1) is 6.92 Å². The second-order valence-electron chi connectivity index (χ2n) is 6.59. The first kappa shape index (κ1) is 23.0. The van der Waals surface area contributed by atoms with Gasteiger partial charge in [0.1, 0.15) is 5.82 Å². The molecule has 8 nitrogen and oxygen atoms in total. The zero-order valence-electron chi connectivity index (χ0n) is 18.1. The van der Waals surface area contributed by atoms with E-state index in [-0.39, 0.29) is 12.3 Å². The number of rotatable bonds is 10. The van der Waals surface area contributed by atoms with Gasteiger partial charge in [0.05, 0.1) is 20.8 Å². The minimum Gasteiger partial charge on any atom is -0.493 e. The molecule has 0 saturated heterocycles. The van der Waals surface area contributed by atoms with Gasteiger partial charge in [-0.25, -0.2) is 4.98 Å². The number of aromatic nitrogens is 1. The Hall–Kier alpha value is -3.29. The molecule has 0 aliphatic rings. The Balaban J connectivity index is 1.81. The number of guanidine groups is 1. The molecule has 8 heteroatoms. The fourth-order valence-corrected chi connectivity index (χ4v) is 2.79. The Morgan fingerprint density at radius 3 is 2.60 bits per heavy atom. The molecule has 1 heterocycles. The van der Waals surface area contributed by atoms with Crippen LogP contribution < -0.4 is 25.4 Å². The van der Waals surface area contributed by atoms with Crippen LogP contribution >= 0.6 is 0 Å². The monoisotopic (exact) mass is 413 g/mol. The zero-order chi connectivity index (χ0) is 21.8. The second kappa shape index (κ2) is 12.3. The van der Waals surface area contributed by atoms with Crippen LogP contribution in [-0.2, 0) is 11.2 Å². The molecule has 0 unspecified atom stereocenters. The van der Waals surface area contributed by atoms with Crippen molar-refractivity contribution in [3.63, 3.8) is 0 Å². The number of hydrogen-bond donors (Lipinski definition) is 3. The standard InChI is InChI=1S/C22H31N5O3/c1-5-23-22(24-13-11-17-9-10-18(29-3)19(15-17)30-4)25-14-12-21(28)27-20-8-6-7-16(2)26-20/h6-10,15H,5,11-14H2,1-4H3,(H2,23,24,25)(H,26,27,28). The lowest BCUT2D eigenvalue weighted by atomic mass is 10.1. The summed E-state index contributed by atoms with van der Waals surface area (Å²) in [4.78, 5) is 20.8. The summed E-state index contributed by atoms with van der Waals surface area (Å²) in [5.74, 6) is 2.55. The maximum atomic E-state index is 12.1. The van der Waals surface area contributed by atoms with Crippen LogP contribution in [-0.4, -0.2) is 50.7 Å². The molecule has 0 radical (unpaired) electrons. The van der Waals surface area contributed by atoms with Crippen LogP contribution in [0.5, 0.6) is 11.5 Å². The van der Waals surface area contributed by atoms with Gasteiger partial charge < -0.3 is 25.4 Å². The second-order valence-corrected chi connectivity index (χ2v) is 6.59. The molecule has 0 aliphatic carbocycles. The van der Waals surface area contributed by atoms with Crippen molar-refractivity contribution in [3.05, 3.63) is 47.7 Å². The number of nitrogens with one attached hydrogen (secondary N) is 3. The van der Waals surface area contributed by atoms with Crippen molar-refractivity contribution in [2.45, 2.75) is 26.7 Å². The van der Waals surface area contributed by atoms with Crippen molar-refractivity contribution in [3.8, 4) is 11.5 Å². The van der Waals surface area contributed by atoms with Crippen molar-refractivity contribution in [2.24, 2.45) is 4.99 Å². The first-order chi connectivity index (χ1) is 14.5. The molecular formula is C22H31N5O3. The number of carbonyl (C=O) groups is 1. The summed E-state index contributed by atoms with van der Waals surface area (Å²) < 4.78 is 10.6. The highest BCUT2D eigenvalue weighted by molar-refractivity contribution is 5.90. The quantitative estimate of drug-likeness (QED) is 0.409. The molecule has 0 spiro atoms. The van der Waals surface area contributed by atoms with Gasteiger partial charge in [-0.15, -0.1) is 0 Å². The summed E-state index contributed by atoms with van der Waals surface area (Å²) in [6.07, 6.45) is 1.08. The molecule has 162 valence electrons. The van der Waals surface area contributed by atoms with Crippen LogP contribution in [0.2, 0.25) is 0 Å². The number of hydrogen-bond acceptors (Lipinski definition) is 5. The SMILES string of the molecule is CCNC(=NCCC(=O)Nc1cccc(C)n1)NCCc1ccc(OC)c(OC)c1. The number of benzene rings is 1. The number of pyridine rings is 1. The summed E-state index contributed by atoms with van der Waals surface area (Å²) in [6.45, 7) is 5.70. The fraction of sp³-hybridized carbons (Fsp3) is 0.409. The largest absolute Gasteiger partial charge is 0.493 e. The highest BCUT2D eigenvalue weighted by atomic mass is 16.5. The predicted octanol–water partition coefficient (Wildman–Crippen LogP) is 2.53. The molecule has 0 aliphatic heterocycles. The average Bonchev–Trinajstić information content (AvgIpc) is 2.73. The van der Waals surface area contributed by atoms with Crippen molar-refractivity contribution in [1.29, 1.82) is 0 Å². The molecule has 2 aromatic rings. The lowest BCUT2D eigenvalue weighted by molar-refractivity contribution is -0.116. The number of nitrogens with zero attached hydrogens (tertiary/aromatic N) is 2. The number of amides is 1. The summed E-state index contributed by atoms with van der Waals surface area (Å²) >= 11 is 0. The van der Waals surface area contributed by atoms with Gasteiger partial charge in [0.2, 0.25) is 5.91 Å². The summed E-state index contributed by atoms with van der Waals surface area (Å²) in [6, 6.07) is 11.4. The van der Waals surface area contributed by atoms with Gasteiger partial charge in [-0.2, -0.15) is 0 Å². The minimum absolute atomic E-state index is 0.113. The van der Waals surface area contributed by atoms with E-state index in [1.807, 2.05) is 44.2 Å². The lowest BCUT2D eigenvalue weighted by Gasteiger charge is -2.12. The van der Waals surface area contributed by atoms with E-state index in [4.69, 9.17) is 9.47 Å². The fourth-order valence-electron chi connectivity index (χ4n) is 2.79. The molecule has 1 amide bonds. The van der Waals surface area contributed by atoms with E-state index in [2.05, 4.69) is 25.9 Å². The first-order valence-corrected chi connectivity index (χ1v) is 10.0. The molecule has 0 bridgehead atoms. The van der Waals surface area contributed by atoms with Crippen LogP contribution in [0.4, 0.5) is 5.82 Å². The van der Waals surface area contributed by atoms with Crippen molar-refractivity contribution >= 4 is 17.7 Å². The predicted molar refractivity (Wildman–Crippen MR) is 119 cm³/mol. The van der Waals surface area contributed by atoms with E-state index in [9.17, 15) is 4.79 Å². The van der Waals surface area contributed by atoms with Gasteiger partial charge in [0.25, 0.3) is 0 Å². The number of carbonyl (C=O) groups excluding carboxylic acids is 1. The van der Waals surface area contributed by atoms with Crippen LogP contribution in [0.15, 0.2) is 41.4 Å². The number of ether oxygens (including phenoxy) is 2. The Bertz CT molecular complexity index is 854. The van der Waals surface area contributed by atoms with Gasteiger partial charge in [-0.05, 0) is 50.1 Å². The van der Waals surface area contributed by atoms with E-state index in [1.54, 1.807) is 20.3 Å². The van der Waals surface area contributed by atoms with E-state index in [0.717, 1.165) is 24.2 Å². The molecular weight excluding hydrogens is 382 g/mol. The van der Waals surface area contributed by atoms with Crippen LogP contribution in [0.3, 0.4) is 0 Å². The third-order valence-corrected chi connectivity index (χ3v) is 4.26. The molecule has 0 saturated carbocycles. The molecule has 0 fully saturated rings. The zero-order valence-corrected chi connectivity index (χ0v) is 18.1. The van der Waals surface area contributed by atoms with E-state index in [0.29, 0.717) is 36.4 Å². The molecule has 0 atom stereocenters. The highest BCUT2D eigenvalue weighted by Crippen LogP contribution is 2.27. The molecule has 1 aromatic carbocycles. The van der Waals surface area contributed by atoms with Gasteiger partial charge >= 0.3 is 0 Å². The van der Waals surface area contributed by atoms with Crippen molar-refractivity contribution < 1.29 is 14.3 Å². The summed E-state index contributed by atoms with van der Waals surface area (Å²) in [7, 11) is 3.25. The minimum atomic E-state index is -0.113. The number of aryl methyl sites for hydroxylation is 1. The molecule has 3 N–H and O–H groups in total. The van der Waals surface area contributed by atoms with Crippen molar-refractivity contribution in [2.75, 3.05) is 39.2 Å². The van der Waals surface area contributed by atoms with E-state index >= 15 is 0 Å². The van der Waals surface area contributed by atoms with Crippen LogP contribution in [0.25, 0.3) is 0 Å². The van der Waals surface area contributed by atoms with Gasteiger partial charge in [0.15, 0.2) is 17.5 Å². The number of anilines is 1. The smallest absolute Gasteiger partial charge is 0.227 e.